The maximum atomic E-state index is 12.8. The number of rotatable bonds is 3. The second kappa shape index (κ2) is 5.61. The molecule has 0 aliphatic carbocycles. The summed E-state index contributed by atoms with van der Waals surface area (Å²) >= 11 is 0. The average molecular weight is 237 g/mol. The third-order valence-electron chi connectivity index (χ3n) is 3.62. The summed E-state index contributed by atoms with van der Waals surface area (Å²) in [5.41, 5.74) is 1.14. The minimum atomic E-state index is -0.186. The molecule has 1 aliphatic heterocycles. The molecule has 2 rings (SSSR count). The number of benzene rings is 1. The van der Waals surface area contributed by atoms with Crippen molar-refractivity contribution in [2.24, 2.45) is 5.92 Å². The second-order valence-corrected chi connectivity index (χ2v) is 4.89. The van der Waals surface area contributed by atoms with E-state index in [0.29, 0.717) is 5.92 Å². The standard InChI is InChI=1S/C14H20FNO/c1-2-12-10-16(8-7-14(12)17)9-11-3-5-13(15)6-4-11/h3-6,12,14,17H,2,7-10H2,1H3/t12-,14+/m1/s1. The van der Waals surface area contributed by atoms with E-state index in [-0.39, 0.29) is 11.9 Å². The van der Waals surface area contributed by atoms with Crippen LogP contribution in [0.2, 0.25) is 0 Å². The first-order valence-corrected chi connectivity index (χ1v) is 6.34. The predicted octanol–water partition coefficient (Wildman–Crippen LogP) is 2.42. The number of hydrogen-bond acceptors (Lipinski definition) is 2. The third kappa shape index (κ3) is 3.27. The van der Waals surface area contributed by atoms with Crippen molar-refractivity contribution in [2.75, 3.05) is 13.1 Å². The highest BCUT2D eigenvalue weighted by Gasteiger charge is 2.25. The Morgan fingerprint density at radius 1 is 1.35 bits per heavy atom. The van der Waals surface area contributed by atoms with Gasteiger partial charge in [-0.15, -0.1) is 0 Å². The van der Waals surface area contributed by atoms with Crippen LogP contribution in [-0.2, 0) is 6.54 Å². The second-order valence-electron chi connectivity index (χ2n) is 4.89. The van der Waals surface area contributed by atoms with Crippen molar-refractivity contribution in [3.8, 4) is 0 Å². The molecule has 1 N–H and O–H groups in total. The van der Waals surface area contributed by atoms with Gasteiger partial charge in [0.15, 0.2) is 0 Å². The Hall–Kier alpha value is -0.930. The summed E-state index contributed by atoms with van der Waals surface area (Å²) in [6, 6.07) is 6.68. The number of likely N-dealkylation sites (tertiary alicyclic amines) is 1. The fraction of sp³-hybridized carbons (Fsp3) is 0.571. The van der Waals surface area contributed by atoms with E-state index in [1.807, 2.05) is 12.1 Å². The van der Waals surface area contributed by atoms with Crippen molar-refractivity contribution in [3.05, 3.63) is 35.6 Å². The fourth-order valence-corrected chi connectivity index (χ4v) is 2.49. The molecular weight excluding hydrogens is 217 g/mol. The molecule has 2 atom stereocenters. The number of aliphatic hydroxyl groups is 1. The van der Waals surface area contributed by atoms with E-state index >= 15 is 0 Å². The van der Waals surface area contributed by atoms with Crippen molar-refractivity contribution in [3.63, 3.8) is 0 Å². The molecule has 17 heavy (non-hydrogen) atoms. The summed E-state index contributed by atoms with van der Waals surface area (Å²) in [6.07, 6.45) is 1.71. The van der Waals surface area contributed by atoms with Crippen molar-refractivity contribution in [1.29, 1.82) is 0 Å². The van der Waals surface area contributed by atoms with E-state index in [2.05, 4.69) is 11.8 Å². The number of aliphatic hydroxyl groups excluding tert-OH is 1. The lowest BCUT2D eigenvalue weighted by Crippen LogP contribution is -2.42. The SMILES string of the molecule is CC[C@@H]1CN(Cc2ccc(F)cc2)CC[C@@H]1O. The summed E-state index contributed by atoms with van der Waals surface area (Å²) in [4.78, 5) is 2.34. The quantitative estimate of drug-likeness (QED) is 0.872. The molecule has 3 heteroatoms. The molecule has 2 nitrogen and oxygen atoms in total. The molecular formula is C14H20FNO. The Balaban J connectivity index is 1.93. The largest absolute Gasteiger partial charge is 0.393 e. The van der Waals surface area contributed by atoms with Gasteiger partial charge < -0.3 is 5.11 Å². The van der Waals surface area contributed by atoms with Crippen LogP contribution in [0.1, 0.15) is 25.3 Å². The Bertz CT molecular complexity index is 352. The van der Waals surface area contributed by atoms with Gasteiger partial charge in [-0.3, -0.25) is 4.90 Å². The van der Waals surface area contributed by atoms with E-state index < -0.39 is 0 Å². The lowest BCUT2D eigenvalue weighted by molar-refractivity contribution is 0.0222. The van der Waals surface area contributed by atoms with Crippen LogP contribution < -0.4 is 0 Å². The van der Waals surface area contributed by atoms with Gasteiger partial charge in [0.05, 0.1) is 6.10 Å². The van der Waals surface area contributed by atoms with Gasteiger partial charge in [0.2, 0.25) is 0 Å². The normalized spacial score (nSPS) is 26.1. The zero-order valence-electron chi connectivity index (χ0n) is 10.3. The van der Waals surface area contributed by atoms with Gasteiger partial charge in [0.25, 0.3) is 0 Å². The Kier molecular flexibility index (Phi) is 4.13. The molecule has 0 amide bonds. The Labute approximate surface area is 102 Å². The van der Waals surface area contributed by atoms with E-state index in [1.54, 1.807) is 0 Å². The molecule has 1 heterocycles. The van der Waals surface area contributed by atoms with Crippen LogP contribution in [0.15, 0.2) is 24.3 Å². The monoisotopic (exact) mass is 237 g/mol. The van der Waals surface area contributed by atoms with Gasteiger partial charge in [0.1, 0.15) is 5.82 Å². The molecule has 1 aromatic carbocycles. The molecule has 1 aliphatic rings. The molecule has 0 saturated carbocycles. The van der Waals surface area contributed by atoms with Crippen molar-refractivity contribution in [2.45, 2.75) is 32.4 Å². The number of halogens is 1. The van der Waals surface area contributed by atoms with E-state index in [9.17, 15) is 9.50 Å². The maximum absolute atomic E-state index is 12.8. The summed E-state index contributed by atoms with van der Waals surface area (Å²) in [5, 5.41) is 9.81. The first kappa shape index (κ1) is 12.5. The summed E-state index contributed by atoms with van der Waals surface area (Å²) < 4.78 is 12.8. The molecule has 0 unspecified atom stereocenters. The number of hydrogen-bond donors (Lipinski definition) is 1. The molecule has 1 fully saturated rings. The smallest absolute Gasteiger partial charge is 0.123 e. The molecule has 1 saturated heterocycles. The topological polar surface area (TPSA) is 23.5 Å². The zero-order chi connectivity index (χ0) is 12.3. The highest BCUT2D eigenvalue weighted by molar-refractivity contribution is 5.16. The van der Waals surface area contributed by atoms with Crippen molar-refractivity contribution >= 4 is 0 Å². The first-order valence-electron chi connectivity index (χ1n) is 6.34. The lowest BCUT2D eigenvalue weighted by atomic mass is 9.92. The highest BCUT2D eigenvalue weighted by Crippen LogP contribution is 2.21. The fourth-order valence-electron chi connectivity index (χ4n) is 2.49. The van der Waals surface area contributed by atoms with Crippen molar-refractivity contribution in [1.82, 2.24) is 4.90 Å². The van der Waals surface area contributed by atoms with E-state index in [4.69, 9.17) is 0 Å². The van der Waals surface area contributed by atoms with Gasteiger partial charge in [-0.2, -0.15) is 0 Å². The number of nitrogens with zero attached hydrogens (tertiary/aromatic N) is 1. The van der Waals surface area contributed by atoms with Crippen LogP contribution >= 0.6 is 0 Å². The lowest BCUT2D eigenvalue weighted by Gasteiger charge is -2.35. The molecule has 0 bridgehead atoms. The van der Waals surface area contributed by atoms with Crippen molar-refractivity contribution < 1.29 is 9.50 Å². The first-order chi connectivity index (χ1) is 8.19. The predicted molar refractivity (Wildman–Crippen MR) is 66.1 cm³/mol. The van der Waals surface area contributed by atoms with Crippen LogP contribution in [0.5, 0.6) is 0 Å². The minimum absolute atomic E-state index is 0.149. The van der Waals surface area contributed by atoms with Crippen LogP contribution in [0.4, 0.5) is 4.39 Å². The van der Waals surface area contributed by atoms with Gasteiger partial charge in [0, 0.05) is 19.6 Å². The van der Waals surface area contributed by atoms with Crippen LogP contribution in [0.3, 0.4) is 0 Å². The molecule has 0 spiro atoms. The molecule has 1 aromatic rings. The van der Waals surface area contributed by atoms with Crippen LogP contribution in [0, 0.1) is 11.7 Å². The third-order valence-corrected chi connectivity index (χ3v) is 3.62. The highest BCUT2D eigenvalue weighted by atomic mass is 19.1. The Morgan fingerprint density at radius 3 is 2.71 bits per heavy atom. The van der Waals surface area contributed by atoms with E-state index in [0.717, 1.165) is 38.0 Å². The minimum Gasteiger partial charge on any atom is -0.393 e. The van der Waals surface area contributed by atoms with Gasteiger partial charge in [-0.05, 0) is 36.5 Å². The molecule has 0 radical (unpaired) electrons. The van der Waals surface area contributed by atoms with Gasteiger partial charge in [-0.1, -0.05) is 19.1 Å². The molecule has 0 aromatic heterocycles. The summed E-state index contributed by atoms with van der Waals surface area (Å²) in [7, 11) is 0. The maximum Gasteiger partial charge on any atom is 0.123 e. The van der Waals surface area contributed by atoms with Gasteiger partial charge >= 0.3 is 0 Å². The zero-order valence-corrected chi connectivity index (χ0v) is 10.3. The summed E-state index contributed by atoms with van der Waals surface area (Å²) in [6.45, 7) is 4.84. The average Bonchev–Trinajstić information content (AvgIpc) is 2.34. The molecule has 94 valence electrons. The Morgan fingerprint density at radius 2 is 2.06 bits per heavy atom. The van der Waals surface area contributed by atoms with E-state index in [1.165, 1.54) is 12.1 Å². The van der Waals surface area contributed by atoms with Crippen LogP contribution in [-0.4, -0.2) is 29.2 Å². The number of piperidine rings is 1. The van der Waals surface area contributed by atoms with Crippen LogP contribution in [0.25, 0.3) is 0 Å². The van der Waals surface area contributed by atoms with Gasteiger partial charge in [-0.25, -0.2) is 4.39 Å². The summed E-state index contributed by atoms with van der Waals surface area (Å²) in [5.74, 6) is 0.193.